The maximum atomic E-state index is 12.8. The number of halogens is 4. The maximum absolute atomic E-state index is 12.8. The van der Waals surface area contributed by atoms with Gasteiger partial charge in [-0.3, -0.25) is 0 Å². The van der Waals surface area contributed by atoms with Crippen molar-refractivity contribution in [3.63, 3.8) is 0 Å². The molecule has 8 heteroatoms. The number of aryl methyl sites for hydroxylation is 1. The molecular weight excluding hydrogens is 281 g/mol. The van der Waals surface area contributed by atoms with Gasteiger partial charge < -0.3 is 9.88 Å². The summed E-state index contributed by atoms with van der Waals surface area (Å²) in [6.45, 7) is 0.101. The Morgan fingerprint density at radius 3 is 2.68 bits per heavy atom. The van der Waals surface area contributed by atoms with Gasteiger partial charge in [0.05, 0.1) is 22.8 Å². The molecule has 1 N–H and O–H groups in total. The van der Waals surface area contributed by atoms with E-state index >= 15 is 0 Å². The lowest BCUT2D eigenvalue weighted by Gasteiger charge is -2.15. The molecule has 2 rings (SSSR count). The van der Waals surface area contributed by atoms with E-state index in [0.717, 1.165) is 6.07 Å². The summed E-state index contributed by atoms with van der Waals surface area (Å²) in [5.41, 5.74) is -0.957. The molecule has 0 saturated carbocycles. The lowest BCUT2D eigenvalue weighted by Crippen LogP contribution is -2.12. The Hall–Kier alpha value is -1.76. The van der Waals surface area contributed by atoms with E-state index in [1.807, 2.05) is 0 Å². The number of nitrogens with zero attached hydrogens (tertiary/aromatic N) is 3. The standard InChI is InChI=1S/C11H10ClF3N4/c1-19-6-17-18-9(19)5-16-10-7(11(13,14)15)3-2-4-8(10)12/h2-4,6,16H,5H2,1H3. The first-order chi connectivity index (χ1) is 8.89. The number of nitrogens with one attached hydrogen (secondary N) is 1. The highest BCUT2D eigenvalue weighted by Crippen LogP contribution is 2.38. The summed E-state index contributed by atoms with van der Waals surface area (Å²) < 4.78 is 40.1. The molecule has 1 aromatic heterocycles. The predicted octanol–water partition coefficient (Wildman–Crippen LogP) is 3.10. The molecule has 0 radical (unpaired) electrons. The van der Waals surface area contributed by atoms with E-state index in [4.69, 9.17) is 11.6 Å². The van der Waals surface area contributed by atoms with Crippen molar-refractivity contribution in [3.8, 4) is 0 Å². The maximum Gasteiger partial charge on any atom is 0.418 e. The Morgan fingerprint density at radius 2 is 2.11 bits per heavy atom. The lowest BCUT2D eigenvalue weighted by molar-refractivity contribution is -0.136. The molecule has 0 unspecified atom stereocenters. The van der Waals surface area contributed by atoms with Crippen LogP contribution in [0.2, 0.25) is 5.02 Å². The molecule has 1 aromatic carbocycles. The Kier molecular flexibility index (Phi) is 3.66. The number of hydrogen-bond acceptors (Lipinski definition) is 3. The molecule has 4 nitrogen and oxygen atoms in total. The van der Waals surface area contributed by atoms with Crippen molar-refractivity contribution < 1.29 is 13.2 Å². The fourth-order valence-corrected chi connectivity index (χ4v) is 1.82. The number of para-hydroxylation sites is 1. The van der Waals surface area contributed by atoms with Crippen LogP contribution in [-0.2, 0) is 19.8 Å². The minimum absolute atomic E-state index is 0.0111. The molecule has 0 aliphatic rings. The van der Waals surface area contributed by atoms with Crippen molar-refractivity contribution in [2.75, 3.05) is 5.32 Å². The summed E-state index contributed by atoms with van der Waals surface area (Å²) in [4.78, 5) is 0. The smallest absolute Gasteiger partial charge is 0.376 e. The van der Waals surface area contributed by atoms with Crippen LogP contribution in [-0.4, -0.2) is 14.8 Å². The number of alkyl halides is 3. The van der Waals surface area contributed by atoms with Crippen molar-refractivity contribution in [2.24, 2.45) is 7.05 Å². The predicted molar refractivity (Wildman–Crippen MR) is 64.8 cm³/mol. The van der Waals surface area contributed by atoms with Gasteiger partial charge in [-0.15, -0.1) is 10.2 Å². The largest absolute Gasteiger partial charge is 0.418 e. The van der Waals surface area contributed by atoms with E-state index < -0.39 is 11.7 Å². The van der Waals surface area contributed by atoms with Crippen LogP contribution in [0.4, 0.5) is 18.9 Å². The molecule has 0 bridgehead atoms. The summed E-state index contributed by atoms with van der Waals surface area (Å²) in [6, 6.07) is 3.64. The Balaban J connectivity index is 2.27. The monoisotopic (exact) mass is 290 g/mol. The second kappa shape index (κ2) is 5.08. The fourth-order valence-electron chi connectivity index (χ4n) is 1.57. The average Bonchev–Trinajstić information content (AvgIpc) is 2.72. The fraction of sp³-hybridized carbons (Fsp3) is 0.273. The molecule has 1 heterocycles. The van der Waals surface area contributed by atoms with E-state index in [0.29, 0.717) is 5.82 Å². The van der Waals surface area contributed by atoms with Crippen molar-refractivity contribution in [3.05, 3.63) is 40.9 Å². The second-order valence-electron chi connectivity index (χ2n) is 3.87. The molecule has 19 heavy (non-hydrogen) atoms. The van der Waals surface area contributed by atoms with Gasteiger partial charge in [0.1, 0.15) is 6.33 Å². The molecule has 2 aromatic rings. The van der Waals surface area contributed by atoms with Crippen molar-refractivity contribution in [1.29, 1.82) is 0 Å². The van der Waals surface area contributed by atoms with E-state index in [9.17, 15) is 13.2 Å². The molecule has 0 atom stereocenters. The van der Waals surface area contributed by atoms with Gasteiger partial charge in [0.25, 0.3) is 0 Å². The molecule has 102 valence electrons. The molecular formula is C11H10ClF3N4. The molecule has 0 fully saturated rings. The normalized spacial score (nSPS) is 11.6. The van der Waals surface area contributed by atoms with E-state index in [1.54, 1.807) is 11.6 Å². The van der Waals surface area contributed by atoms with Crippen LogP contribution in [0.15, 0.2) is 24.5 Å². The molecule has 0 amide bonds. The minimum Gasteiger partial charge on any atom is -0.376 e. The van der Waals surface area contributed by atoms with Crippen LogP contribution in [0, 0.1) is 0 Å². The van der Waals surface area contributed by atoms with Crippen LogP contribution in [0.1, 0.15) is 11.4 Å². The quantitative estimate of drug-likeness (QED) is 0.944. The van der Waals surface area contributed by atoms with Crippen molar-refractivity contribution in [1.82, 2.24) is 14.8 Å². The van der Waals surface area contributed by atoms with Crippen molar-refractivity contribution in [2.45, 2.75) is 12.7 Å². The summed E-state index contributed by atoms with van der Waals surface area (Å²) in [5, 5.41) is 10.1. The molecule has 0 aliphatic carbocycles. The number of anilines is 1. The third kappa shape index (κ3) is 2.98. The zero-order chi connectivity index (χ0) is 14.0. The van der Waals surface area contributed by atoms with Crippen molar-refractivity contribution >= 4 is 17.3 Å². The SMILES string of the molecule is Cn1cnnc1CNc1c(Cl)cccc1C(F)(F)F. The van der Waals surface area contributed by atoms with Crippen LogP contribution in [0.3, 0.4) is 0 Å². The molecule has 0 saturated heterocycles. The van der Waals surface area contributed by atoms with Gasteiger partial charge in [-0.05, 0) is 12.1 Å². The number of aromatic nitrogens is 3. The van der Waals surface area contributed by atoms with E-state index in [-0.39, 0.29) is 17.3 Å². The summed E-state index contributed by atoms with van der Waals surface area (Å²) in [7, 11) is 1.70. The number of benzene rings is 1. The average molecular weight is 291 g/mol. The van der Waals surface area contributed by atoms with Gasteiger partial charge in [0.2, 0.25) is 0 Å². The third-order valence-electron chi connectivity index (χ3n) is 2.55. The Morgan fingerprint density at radius 1 is 1.37 bits per heavy atom. The summed E-state index contributed by atoms with van der Waals surface area (Å²) in [5.74, 6) is 0.507. The highest BCUT2D eigenvalue weighted by Gasteiger charge is 2.34. The van der Waals surface area contributed by atoms with Crippen LogP contribution in [0.25, 0.3) is 0 Å². The third-order valence-corrected chi connectivity index (χ3v) is 2.86. The Labute approximate surface area is 112 Å². The zero-order valence-corrected chi connectivity index (χ0v) is 10.6. The first-order valence-electron chi connectivity index (χ1n) is 5.32. The summed E-state index contributed by atoms with van der Waals surface area (Å²) in [6.07, 6.45) is -3.00. The van der Waals surface area contributed by atoms with Crippen LogP contribution >= 0.6 is 11.6 Å². The zero-order valence-electron chi connectivity index (χ0n) is 9.87. The highest BCUT2D eigenvalue weighted by atomic mass is 35.5. The first kappa shape index (κ1) is 13.7. The minimum atomic E-state index is -4.47. The molecule has 0 aliphatic heterocycles. The molecule has 0 spiro atoms. The Bertz CT molecular complexity index is 580. The highest BCUT2D eigenvalue weighted by molar-refractivity contribution is 6.33. The van der Waals surface area contributed by atoms with Gasteiger partial charge in [0, 0.05) is 7.05 Å². The second-order valence-corrected chi connectivity index (χ2v) is 4.28. The van der Waals surface area contributed by atoms with Gasteiger partial charge >= 0.3 is 6.18 Å². The first-order valence-corrected chi connectivity index (χ1v) is 5.70. The topological polar surface area (TPSA) is 42.7 Å². The van der Waals surface area contributed by atoms with Gasteiger partial charge in [-0.2, -0.15) is 13.2 Å². The van der Waals surface area contributed by atoms with Gasteiger partial charge in [-0.25, -0.2) is 0 Å². The lowest BCUT2D eigenvalue weighted by atomic mass is 10.1. The van der Waals surface area contributed by atoms with E-state index in [2.05, 4.69) is 15.5 Å². The van der Waals surface area contributed by atoms with Gasteiger partial charge in [0.15, 0.2) is 5.82 Å². The summed E-state index contributed by atoms with van der Waals surface area (Å²) >= 11 is 5.81. The number of hydrogen-bond donors (Lipinski definition) is 1. The number of rotatable bonds is 3. The van der Waals surface area contributed by atoms with Crippen LogP contribution in [0.5, 0.6) is 0 Å². The van der Waals surface area contributed by atoms with Crippen LogP contribution < -0.4 is 5.32 Å². The van der Waals surface area contributed by atoms with Gasteiger partial charge in [-0.1, -0.05) is 17.7 Å². The van der Waals surface area contributed by atoms with E-state index in [1.165, 1.54) is 18.5 Å².